The normalized spacial score (nSPS) is 9.46. The van der Waals surface area contributed by atoms with Gasteiger partial charge in [-0.25, -0.2) is 0 Å². The molecule has 1 aromatic carbocycles. The second-order valence-corrected chi connectivity index (χ2v) is 4.31. The van der Waals surface area contributed by atoms with Gasteiger partial charge in [-0.05, 0) is 34.7 Å². The van der Waals surface area contributed by atoms with Gasteiger partial charge in [0.1, 0.15) is 0 Å². The molecule has 3 nitrogen and oxygen atoms in total. The van der Waals surface area contributed by atoms with Crippen LogP contribution in [0.1, 0.15) is 0 Å². The molecule has 13 heavy (non-hydrogen) atoms. The molecule has 1 N–H and O–H groups in total. The maximum atomic E-state index is 10.3. The van der Waals surface area contributed by atoms with Gasteiger partial charge < -0.3 is 10.1 Å². The molecule has 0 aliphatic rings. The lowest BCUT2D eigenvalue weighted by Gasteiger charge is -2.09. The first-order chi connectivity index (χ1) is 6.19. The van der Waals surface area contributed by atoms with Crippen LogP contribution in [0.5, 0.6) is 5.75 Å². The fourth-order valence-corrected chi connectivity index (χ4v) is 2.67. The highest BCUT2D eigenvalue weighted by atomic mass is 127. The molecular formula is C8H7BrINO2. The fourth-order valence-electron chi connectivity index (χ4n) is 0.939. The van der Waals surface area contributed by atoms with Crippen LogP contribution in [0.3, 0.4) is 0 Å². The van der Waals surface area contributed by atoms with Crippen molar-refractivity contribution in [1.82, 2.24) is 0 Å². The van der Waals surface area contributed by atoms with Gasteiger partial charge in [-0.2, -0.15) is 0 Å². The minimum absolute atomic E-state index is 0.625. The first-order valence-electron chi connectivity index (χ1n) is 3.42. The molecule has 70 valence electrons. The minimum atomic E-state index is 0.625. The molecule has 0 unspecified atom stereocenters. The van der Waals surface area contributed by atoms with Gasteiger partial charge in [-0.3, -0.25) is 4.79 Å². The van der Waals surface area contributed by atoms with Gasteiger partial charge in [0.05, 0.1) is 16.4 Å². The highest BCUT2D eigenvalue weighted by molar-refractivity contribution is 14.1. The summed E-state index contributed by atoms with van der Waals surface area (Å²) in [6.07, 6.45) is 0.625. The number of anilines is 1. The Labute approximate surface area is 98.1 Å². The van der Waals surface area contributed by atoms with E-state index in [1.165, 1.54) is 0 Å². The Morgan fingerprint density at radius 2 is 2.31 bits per heavy atom. The SMILES string of the molecule is COc1c(I)cc(Br)cc1NC=O. The predicted molar refractivity (Wildman–Crippen MR) is 63.1 cm³/mol. The maximum absolute atomic E-state index is 10.3. The molecule has 1 rings (SSSR count). The van der Waals surface area contributed by atoms with Crippen LogP contribution in [0.2, 0.25) is 0 Å². The van der Waals surface area contributed by atoms with E-state index in [4.69, 9.17) is 4.74 Å². The van der Waals surface area contributed by atoms with E-state index in [2.05, 4.69) is 43.8 Å². The molecule has 0 saturated carbocycles. The number of amides is 1. The summed E-state index contributed by atoms with van der Waals surface area (Å²) in [7, 11) is 1.57. The van der Waals surface area contributed by atoms with Crippen molar-refractivity contribution in [2.24, 2.45) is 0 Å². The third kappa shape index (κ3) is 2.57. The monoisotopic (exact) mass is 355 g/mol. The Kier molecular flexibility index (Phi) is 3.98. The van der Waals surface area contributed by atoms with Crippen LogP contribution in [-0.2, 0) is 4.79 Å². The summed E-state index contributed by atoms with van der Waals surface area (Å²) < 4.78 is 6.98. The molecule has 0 saturated heterocycles. The van der Waals surface area contributed by atoms with Crippen molar-refractivity contribution in [2.75, 3.05) is 12.4 Å². The predicted octanol–water partition coefficient (Wildman–Crippen LogP) is 2.63. The van der Waals surface area contributed by atoms with Crippen LogP contribution in [-0.4, -0.2) is 13.5 Å². The van der Waals surface area contributed by atoms with E-state index >= 15 is 0 Å². The van der Waals surface area contributed by atoms with Crippen LogP contribution >= 0.6 is 38.5 Å². The number of benzene rings is 1. The molecule has 0 spiro atoms. The van der Waals surface area contributed by atoms with Crippen molar-refractivity contribution in [2.45, 2.75) is 0 Å². The average molecular weight is 356 g/mol. The molecule has 0 atom stereocenters. The number of carbonyl (C=O) groups excluding carboxylic acids is 1. The molecule has 0 aromatic heterocycles. The second-order valence-electron chi connectivity index (χ2n) is 2.23. The smallest absolute Gasteiger partial charge is 0.211 e. The van der Waals surface area contributed by atoms with Gasteiger partial charge in [0.15, 0.2) is 5.75 Å². The Morgan fingerprint density at radius 1 is 1.62 bits per heavy atom. The molecule has 0 bridgehead atoms. The standard InChI is InChI=1S/C8H7BrINO2/c1-13-8-6(10)2-5(9)3-7(8)11-4-12/h2-4H,1H3,(H,11,12). The van der Waals surface area contributed by atoms with Gasteiger partial charge in [-0.1, -0.05) is 15.9 Å². The first kappa shape index (κ1) is 10.8. The third-order valence-electron chi connectivity index (χ3n) is 1.43. The minimum Gasteiger partial charge on any atom is -0.493 e. The number of methoxy groups -OCH3 is 1. The van der Waals surface area contributed by atoms with Gasteiger partial charge in [-0.15, -0.1) is 0 Å². The topological polar surface area (TPSA) is 38.3 Å². The Bertz CT molecular complexity index is 330. The quantitative estimate of drug-likeness (QED) is 0.668. The van der Waals surface area contributed by atoms with Crippen molar-refractivity contribution in [3.05, 3.63) is 20.2 Å². The summed E-state index contributed by atoms with van der Waals surface area (Å²) in [6, 6.07) is 3.70. The first-order valence-corrected chi connectivity index (χ1v) is 5.29. The lowest BCUT2D eigenvalue weighted by Crippen LogP contribution is -1.98. The van der Waals surface area contributed by atoms with Gasteiger partial charge in [0, 0.05) is 4.47 Å². The van der Waals surface area contributed by atoms with Crippen molar-refractivity contribution < 1.29 is 9.53 Å². The summed E-state index contributed by atoms with van der Waals surface area (Å²) >= 11 is 5.47. The van der Waals surface area contributed by atoms with E-state index in [1.54, 1.807) is 13.2 Å². The zero-order valence-electron chi connectivity index (χ0n) is 6.80. The zero-order valence-corrected chi connectivity index (χ0v) is 10.5. The lowest BCUT2D eigenvalue weighted by molar-refractivity contribution is -0.105. The van der Waals surface area contributed by atoms with E-state index in [9.17, 15) is 4.79 Å². The molecule has 0 fully saturated rings. The summed E-state index contributed by atoms with van der Waals surface area (Å²) in [4.78, 5) is 10.3. The molecule has 1 aromatic rings. The van der Waals surface area contributed by atoms with Crippen molar-refractivity contribution >= 4 is 50.6 Å². The zero-order chi connectivity index (χ0) is 9.84. The summed E-state index contributed by atoms with van der Waals surface area (Å²) in [5, 5.41) is 2.57. The van der Waals surface area contributed by atoms with Gasteiger partial charge in [0.2, 0.25) is 6.41 Å². The van der Waals surface area contributed by atoms with Crippen LogP contribution in [0, 0.1) is 3.57 Å². The average Bonchev–Trinajstić information content (AvgIpc) is 2.04. The number of carbonyl (C=O) groups is 1. The third-order valence-corrected chi connectivity index (χ3v) is 2.69. The van der Waals surface area contributed by atoms with Gasteiger partial charge in [0.25, 0.3) is 0 Å². The van der Waals surface area contributed by atoms with Crippen molar-refractivity contribution in [1.29, 1.82) is 0 Å². The van der Waals surface area contributed by atoms with Crippen LogP contribution in [0.25, 0.3) is 0 Å². The van der Waals surface area contributed by atoms with Crippen molar-refractivity contribution in [3.63, 3.8) is 0 Å². The highest BCUT2D eigenvalue weighted by Gasteiger charge is 2.07. The summed E-state index contributed by atoms with van der Waals surface area (Å²) in [6.45, 7) is 0. The molecule has 0 heterocycles. The maximum Gasteiger partial charge on any atom is 0.211 e. The fraction of sp³-hybridized carbons (Fsp3) is 0.125. The van der Waals surface area contributed by atoms with Crippen LogP contribution in [0.4, 0.5) is 5.69 Å². The molecule has 0 aliphatic heterocycles. The van der Waals surface area contributed by atoms with Crippen LogP contribution < -0.4 is 10.1 Å². The van der Waals surface area contributed by atoms with Gasteiger partial charge >= 0.3 is 0 Å². The molecule has 0 radical (unpaired) electrons. The second kappa shape index (κ2) is 4.80. The van der Waals surface area contributed by atoms with E-state index < -0.39 is 0 Å². The van der Waals surface area contributed by atoms with E-state index in [0.717, 1.165) is 8.04 Å². The van der Waals surface area contributed by atoms with Crippen LogP contribution in [0.15, 0.2) is 16.6 Å². The Morgan fingerprint density at radius 3 is 2.85 bits per heavy atom. The number of hydrogen-bond acceptors (Lipinski definition) is 2. The highest BCUT2D eigenvalue weighted by Crippen LogP contribution is 2.33. The Balaban J connectivity index is 3.20. The molecule has 0 aliphatic carbocycles. The number of halogens is 2. The Hall–Kier alpha value is -0.300. The molecule has 1 amide bonds. The molecule has 5 heteroatoms. The largest absolute Gasteiger partial charge is 0.493 e. The summed E-state index contributed by atoms with van der Waals surface area (Å²) in [5.74, 6) is 0.677. The van der Waals surface area contributed by atoms with E-state index in [0.29, 0.717) is 17.8 Å². The number of ether oxygens (including phenoxy) is 1. The van der Waals surface area contributed by atoms with Crippen molar-refractivity contribution in [3.8, 4) is 5.75 Å². The lowest BCUT2D eigenvalue weighted by atomic mass is 10.3. The number of hydrogen-bond donors (Lipinski definition) is 1. The number of nitrogens with one attached hydrogen (secondary N) is 1. The van der Waals surface area contributed by atoms with E-state index in [-0.39, 0.29) is 0 Å². The summed E-state index contributed by atoms with van der Waals surface area (Å²) in [5.41, 5.74) is 0.663. The number of rotatable bonds is 3. The van der Waals surface area contributed by atoms with E-state index in [1.807, 2.05) is 6.07 Å². The molecular weight excluding hydrogens is 349 g/mol.